The molecule has 0 radical (unpaired) electrons. The van der Waals surface area contributed by atoms with Crippen LogP contribution in [-0.4, -0.2) is 31.7 Å². The number of quaternary nitrogens is 1. The molecular weight excluding hydrogens is 510 g/mol. The average molecular weight is 551 g/mol. The molecule has 0 aromatic heterocycles. The molecule has 3 rings (SSSR count). The van der Waals surface area contributed by atoms with Gasteiger partial charge >= 0.3 is 0 Å². The molecular formula is C29H41BrClNS. The van der Waals surface area contributed by atoms with E-state index < -0.39 is 0 Å². The van der Waals surface area contributed by atoms with Crippen molar-refractivity contribution in [3.05, 3.63) is 64.7 Å². The Balaban J connectivity index is 0.00000385. The van der Waals surface area contributed by atoms with E-state index in [1.54, 1.807) is 0 Å². The van der Waals surface area contributed by atoms with Crippen LogP contribution in [0.25, 0.3) is 5.57 Å². The predicted molar refractivity (Wildman–Crippen MR) is 143 cm³/mol. The van der Waals surface area contributed by atoms with Gasteiger partial charge in [0.1, 0.15) is 0 Å². The van der Waals surface area contributed by atoms with E-state index in [0.29, 0.717) is 0 Å². The van der Waals surface area contributed by atoms with Gasteiger partial charge in [-0.2, -0.15) is 0 Å². The number of hydrogen-bond donors (Lipinski definition) is 0. The molecule has 0 amide bonds. The van der Waals surface area contributed by atoms with Crippen LogP contribution in [-0.2, 0) is 0 Å². The van der Waals surface area contributed by atoms with Crippen LogP contribution in [0.15, 0.2) is 58.3 Å². The summed E-state index contributed by atoms with van der Waals surface area (Å²) in [5, 5.41) is 0.816. The predicted octanol–water partition coefficient (Wildman–Crippen LogP) is 6.24. The summed E-state index contributed by atoms with van der Waals surface area (Å²) >= 11 is 8.21. The lowest BCUT2D eigenvalue weighted by atomic mass is 9.96. The summed E-state index contributed by atoms with van der Waals surface area (Å²) in [5.74, 6) is 0. The number of unbranched alkanes of at least 4 members (excludes halogenated alkanes) is 8. The van der Waals surface area contributed by atoms with Crippen LogP contribution < -0.4 is 17.0 Å². The molecule has 2 aromatic carbocycles. The Labute approximate surface area is 222 Å². The highest BCUT2D eigenvalue weighted by molar-refractivity contribution is 7.99. The zero-order chi connectivity index (χ0) is 22.8. The maximum absolute atomic E-state index is 6.36. The Hall–Kier alpha value is -0.740. The fourth-order valence-electron chi connectivity index (χ4n) is 4.58. The molecule has 0 fully saturated rings. The Morgan fingerprint density at radius 3 is 2.15 bits per heavy atom. The van der Waals surface area contributed by atoms with Crippen LogP contribution in [0, 0.1) is 0 Å². The lowest BCUT2D eigenvalue weighted by Gasteiger charge is -2.30. The van der Waals surface area contributed by atoms with E-state index in [-0.39, 0.29) is 17.0 Å². The van der Waals surface area contributed by atoms with Crippen LogP contribution in [0.5, 0.6) is 0 Å². The maximum atomic E-state index is 6.36. The molecule has 0 saturated carbocycles. The number of halogens is 2. The fourth-order valence-corrected chi connectivity index (χ4v) is 5.84. The zero-order valence-electron chi connectivity index (χ0n) is 20.7. The summed E-state index contributed by atoms with van der Waals surface area (Å²) in [5.41, 5.74) is 3.97. The first-order chi connectivity index (χ1) is 15.5. The molecule has 1 aliphatic heterocycles. The number of rotatable bonds is 13. The molecule has 0 aliphatic carbocycles. The van der Waals surface area contributed by atoms with Gasteiger partial charge in [0, 0.05) is 21.2 Å². The second-order valence-corrected chi connectivity index (χ2v) is 11.4. The maximum Gasteiger partial charge on any atom is 0.0817 e. The van der Waals surface area contributed by atoms with Gasteiger partial charge in [-0.25, -0.2) is 0 Å². The van der Waals surface area contributed by atoms with E-state index in [9.17, 15) is 0 Å². The zero-order valence-corrected chi connectivity index (χ0v) is 23.9. The molecule has 1 nitrogen and oxygen atoms in total. The first-order valence-electron chi connectivity index (χ1n) is 12.6. The minimum atomic E-state index is 0. The van der Waals surface area contributed by atoms with Crippen molar-refractivity contribution in [2.75, 3.05) is 27.2 Å². The van der Waals surface area contributed by atoms with Gasteiger partial charge in [0.25, 0.3) is 0 Å². The average Bonchev–Trinajstić information content (AvgIpc) is 2.77. The third kappa shape index (κ3) is 9.09. The largest absolute Gasteiger partial charge is 1.00 e. The SMILES string of the molecule is CCCCCCCCCCC[N+](C)(C)CCC=C1c2ccccc2Sc2ccc(Cl)cc21.[Br-]. The third-order valence-corrected chi connectivity index (χ3v) is 7.97. The van der Waals surface area contributed by atoms with Crippen LogP contribution in [0.2, 0.25) is 5.02 Å². The molecule has 1 heterocycles. The van der Waals surface area contributed by atoms with Gasteiger partial charge in [-0.3, -0.25) is 0 Å². The summed E-state index contributed by atoms with van der Waals surface area (Å²) in [6.45, 7) is 4.73. The van der Waals surface area contributed by atoms with E-state index in [0.717, 1.165) is 15.9 Å². The normalized spacial score (nSPS) is 14.0. The summed E-state index contributed by atoms with van der Waals surface area (Å²) in [7, 11) is 4.78. The Morgan fingerprint density at radius 2 is 1.42 bits per heavy atom. The number of benzene rings is 2. The van der Waals surface area contributed by atoms with Crippen molar-refractivity contribution in [2.45, 2.75) is 80.9 Å². The van der Waals surface area contributed by atoms with Crippen LogP contribution in [0.4, 0.5) is 0 Å². The lowest BCUT2D eigenvalue weighted by Crippen LogP contribution is -3.00. The van der Waals surface area contributed by atoms with Crippen molar-refractivity contribution >= 4 is 28.9 Å². The van der Waals surface area contributed by atoms with E-state index in [4.69, 9.17) is 11.6 Å². The molecule has 0 saturated heterocycles. The standard InChI is InChI=1S/C29H41ClNS.BrH/c1-4-5-6-7-8-9-10-11-14-21-31(2,3)22-15-17-25-26-16-12-13-18-28(26)32-29-20-19-24(30)23-27(25)29;/h12-13,16-20,23H,4-11,14-15,21-22H2,1-3H3;1H/q+1;/p-1. The van der Waals surface area contributed by atoms with Crippen molar-refractivity contribution in [1.29, 1.82) is 0 Å². The molecule has 0 bridgehead atoms. The molecule has 2 aromatic rings. The first kappa shape index (κ1) is 28.5. The second kappa shape index (κ2) is 14.6. The van der Waals surface area contributed by atoms with E-state index in [1.807, 2.05) is 17.8 Å². The summed E-state index contributed by atoms with van der Waals surface area (Å²) in [6, 6.07) is 15.1. The Kier molecular flexibility index (Phi) is 12.6. The quantitative estimate of drug-likeness (QED) is 0.179. The molecule has 0 atom stereocenters. The van der Waals surface area contributed by atoms with E-state index in [2.05, 4.69) is 63.5 Å². The molecule has 1 aliphatic rings. The van der Waals surface area contributed by atoms with Crippen molar-refractivity contribution < 1.29 is 21.5 Å². The Morgan fingerprint density at radius 1 is 0.788 bits per heavy atom. The smallest absolute Gasteiger partial charge is 0.0817 e. The highest BCUT2D eigenvalue weighted by atomic mass is 79.9. The molecule has 0 spiro atoms. The van der Waals surface area contributed by atoms with Gasteiger partial charge < -0.3 is 21.5 Å². The van der Waals surface area contributed by atoms with E-state index in [1.165, 1.54) is 97.4 Å². The summed E-state index contributed by atoms with van der Waals surface area (Å²) < 4.78 is 1.10. The van der Waals surface area contributed by atoms with Gasteiger partial charge in [0.2, 0.25) is 0 Å². The van der Waals surface area contributed by atoms with Crippen LogP contribution in [0.3, 0.4) is 0 Å². The molecule has 33 heavy (non-hydrogen) atoms. The topological polar surface area (TPSA) is 0 Å². The van der Waals surface area contributed by atoms with Gasteiger partial charge in [-0.1, -0.05) is 99.5 Å². The summed E-state index contributed by atoms with van der Waals surface area (Å²) in [6.07, 6.45) is 16.1. The number of fused-ring (bicyclic) bond motifs is 2. The first-order valence-corrected chi connectivity index (χ1v) is 13.8. The van der Waals surface area contributed by atoms with E-state index >= 15 is 0 Å². The second-order valence-electron chi connectivity index (χ2n) is 9.86. The van der Waals surface area contributed by atoms with Crippen molar-refractivity contribution in [3.63, 3.8) is 0 Å². The monoisotopic (exact) mass is 549 g/mol. The molecule has 182 valence electrons. The van der Waals surface area contributed by atoms with Crippen molar-refractivity contribution in [2.24, 2.45) is 0 Å². The van der Waals surface area contributed by atoms with Crippen molar-refractivity contribution in [1.82, 2.24) is 0 Å². The lowest BCUT2D eigenvalue weighted by molar-refractivity contribution is -0.890. The Bertz CT molecular complexity index is 893. The molecule has 0 unspecified atom stereocenters. The highest BCUT2D eigenvalue weighted by Crippen LogP contribution is 2.46. The van der Waals surface area contributed by atoms with Crippen LogP contribution in [0.1, 0.15) is 82.3 Å². The summed E-state index contributed by atoms with van der Waals surface area (Å²) in [4.78, 5) is 2.65. The number of hydrogen-bond acceptors (Lipinski definition) is 1. The fraction of sp³-hybridized carbons (Fsp3) is 0.517. The number of nitrogens with zero attached hydrogens (tertiary/aromatic N) is 1. The third-order valence-electron chi connectivity index (χ3n) is 6.58. The van der Waals surface area contributed by atoms with Gasteiger partial charge in [-0.05, 0) is 53.8 Å². The molecule has 0 N–H and O–H groups in total. The van der Waals surface area contributed by atoms with Crippen molar-refractivity contribution in [3.8, 4) is 0 Å². The molecule has 4 heteroatoms. The minimum absolute atomic E-state index is 0. The van der Waals surface area contributed by atoms with Crippen LogP contribution >= 0.6 is 23.4 Å². The van der Waals surface area contributed by atoms with Gasteiger partial charge in [0.05, 0.1) is 27.2 Å². The highest BCUT2D eigenvalue weighted by Gasteiger charge is 2.21. The van der Waals surface area contributed by atoms with Gasteiger partial charge in [0.15, 0.2) is 0 Å². The minimum Gasteiger partial charge on any atom is -1.00 e. The van der Waals surface area contributed by atoms with Gasteiger partial charge in [-0.15, -0.1) is 0 Å².